The maximum absolute atomic E-state index is 12.5. The van der Waals surface area contributed by atoms with Gasteiger partial charge in [0.2, 0.25) is 23.6 Å². The molecule has 28 heavy (non-hydrogen) atoms. The fraction of sp³-hybridized carbons (Fsp3) is 0.667. The predicted molar refractivity (Wildman–Crippen MR) is 101 cm³/mol. The lowest BCUT2D eigenvalue weighted by atomic mass is 10.1. The molecule has 0 fully saturated rings. The highest BCUT2D eigenvalue weighted by atomic mass is 32.2. The zero-order valence-electron chi connectivity index (χ0n) is 15.6. The molecule has 0 aromatic heterocycles. The fourth-order valence-corrected chi connectivity index (χ4v) is 2.42. The Morgan fingerprint density at radius 3 is 1.89 bits per heavy atom. The number of carboxylic acids is 1. The minimum atomic E-state index is -1.54. The summed E-state index contributed by atoms with van der Waals surface area (Å²) in [6.07, 6.45) is 1.39. The van der Waals surface area contributed by atoms with Crippen LogP contribution in [0.25, 0.3) is 0 Å². The SMILES string of the molecule is CSCCC(NC(=O)C(CC(N)=O)NC(=O)C(C)N)C(=O)NC(CO)C(=O)O. The Morgan fingerprint density at radius 1 is 0.964 bits per heavy atom. The Balaban J connectivity index is 5.30. The molecule has 160 valence electrons. The third-order valence-corrected chi connectivity index (χ3v) is 4.14. The highest BCUT2D eigenvalue weighted by Crippen LogP contribution is 2.04. The van der Waals surface area contributed by atoms with E-state index in [2.05, 4.69) is 16.0 Å². The molecule has 0 bridgehead atoms. The van der Waals surface area contributed by atoms with Gasteiger partial charge in [0, 0.05) is 0 Å². The first-order chi connectivity index (χ1) is 13.0. The van der Waals surface area contributed by atoms with Crippen molar-refractivity contribution in [3.63, 3.8) is 0 Å². The van der Waals surface area contributed by atoms with Gasteiger partial charge >= 0.3 is 5.97 Å². The number of nitrogens with two attached hydrogens (primary N) is 2. The van der Waals surface area contributed by atoms with Gasteiger partial charge in [0.25, 0.3) is 0 Å². The number of carboxylic acid groups (broad SMARTS) is 1. The number of aliphatic hydroxyl groups is 1. The van der Waals surface area contributed by atoms with Gasteiger partial charge in [-0.1, -0.05) is 0 Å². The second kappa shape index (κ2) is 12.9. The van der Waals surface area contributed by atoms with Gasteiger partial charge in [-0.25, -0.2) is 4.79 Å². The standard InChI is InChI=1S/C15H27N5O7S/c1-7(16)12(23)19-9(5-11(17)22)14(25)18-8(3-4-28-2)13(24)20-10(6-21)15(26)27/h7-10,21H,3-6,16H2,1-2H3,(H2,17,22)(H,18,25)(H,19,23)(H,20,24)(H,26,27). The number of rotatable bonds is 13. The lowest BCUT2D eigenvalue weighted by Gasteiger charge is -2.24. The van der Waals surface area contributed by atoms with E-state index in [9.17, 15) is 24.0 Å². The summed E-state index contributed by atoms with van der Waals surface area (Å²) in [5.41, 5.74) is 10.5. The molecular formula is C15H27N5O7S. The van der Waals surface area contributed by atoms with Crippen LogP contribution in [0.3, 0.4) is 0 Å². The number of thioether (sulfide) groups is 1. The summed E-state index contributed by atoms with van der Waals surface area (Å²) in [7, 11) is 0. The summed E-state index contributed by atoms with van der Waals surface area (Å²) in [6, 6.07) is -5.00. The van der Waals surface area contributed by atoms with Crippen LogP contribution in [0.4, 0.5) is 0 Å². The second-order valence-electron chi connectivity index (χ2n) is 5.94. The zero-order chi connectivity index (χ0) is 21.9. The van der Waals surface area contributed by atoms with Crippen molar-refractivity contribution < 1.29 is 34.2 Å². The van der Waals surface area contributed by atoms with Crippen LogP contribution in [-0.4, -0.2) is 82.6 Å². The van der Waals surface area contributed by atoms with Gasteiger partial charge in [0.05, 0.1) is 19.1 Å². The van der Waals surface area contributed by atoms with E-state index in [4.69, 9.17) is 21.7 Å². The van der Waals surface area contributed by atoms with Crippen molar-refractivity contribution in [1.29, 1.82) is 0 Å². The summed E-state index contributed by atoms with van der Waals surface area (Å²) < 4.78 is 0. The zero-order valence-corrected chi connectivity index (χ0v) is 16.5. The smallest absolute Gasteiger partial charge is 0.328 e. The molecular weight excluding hydrogens is 394 g/mol. The van der Waals surface area contributed by atoms with Crippen molar-refractivity contribution in [2.24, 2.45) is 11.5 Å². The number of hydrogen-bond donors (Lipinski definition) is 7. The maximum Gasteiger partial charge on any atom is 0.328 e. The van der Waals surface area contributed by atoms with E-state index in [-0.39, 0.29) is 6.42 Å². The van der Waals surface area contributed by atoms with E-state index in [0.717, 1.165) is 0 Å². The molecule has 12 nitrogen and oxygen atoms in total. The molecule has 0 aliphatic carbocycles. The van der Waals surface area contributed by atoms with Crippen molar-refractivity contribution in [2.45, 2.75) is 43.9 Å². The predicted octanol–water partition coefficient (Wildman–Crippen LogP) is -3.51. The molecule has 0 aromatic carbocycles. The molecule has 13 heteroatoms. The quantitative estimate of drug-likeness (QED) is 0.157. The number of aliphatic carboxylic acids is 1. The van der Waals surface area contributed by atoms with Crippen LogP contribution in [-0.2, 0) is 24.0 Å². The van der Waals surface area contributed by atoms with Crippen LogP contribution in [0.5, 0.6) is 0 Å². The Hall–Kier alpha value is -2.38. The minimum Gasteiger partial charge on any atom is -0.480 e. The van der Waals surface area contributed by atoms with Crippen molar-refractivity contribution >= 4 is 41.4 Å². The second-order valence-corrected chi connectivity index (χ2v) is 6.93. The number of carbonyl (C=O) groups excluding carboxylic acids is 4. The maximum atomic E-state index is 12.5. The number of nitrogens with one attached hydrogen (secondary N) is 3. The average molecular weight is 421 g/mol. The topological polar surface area (TPSA) is 214 Å². The van der Waals surface area contributed by atoms with E-state index in [1.54, 1.807) is 6.26 Å². The van der Waals surface area contributed by atoms with E-state index >= 15 is 0 Å². The summed E-state index contributed by atoms with van der Waals surface area (Å²) in [6.45, 7) is 0.545. The number of primary amides is 1. The number of aliphatic hydroxyl groups excluding tert-OH is 1. The molecule has 0 radical (unpaired) electrons. The molecule has 0 spiro atoms. The molecule has 4 amide bonds. The highest BCUT2D eigenvalue weighted by Gasteiger charge is 2.30. The van der Waals surface area contributed by atoms with E-state index < -0.39 is 66.8 Å². The van der Waals surface area contributed by atoms with Gasteiger partial charge in [-0.15, -0.1) is 0 Å². The van der Waals surface area contributed by atoms with Gasteiger partial charge in [0.15, 0.2) is 0 Å². The van der Waals surface area contributed by atoms with Crippen LogP contribution in [0.2, 0.25) is 0 Å². The normalized spacial score (nSPS) is 14.9. The molecule has 4 atom stereocenters. The van der Waals surface area contributed by atoms with Crippen LogP contribution in [0, 0.1) is 0 Å². The summed E-state index contributed by atoms with van der Waals surface area (Å²) >= 11 is 1.38. The van der Waals surface area contributed by atoms with Gasteiger partial charge in [-0.05, 0) is 25.4 Å². The number of hydrogen-bond acceptors (Lipinski definition) is 8. The summed E-state index contributed by atoms with van der Waals surface area (Å²) in [4.78, 5) is 58.7. The van der Waals surface area contributed by atoms with Crippen LogP contribution in [0.1, 0.15) is 19.8 Å². The van der Waals surface area contributed by atoms with Crippen LogP contribution >= 0.6 is 11.8 Å². The molecule has 0 aliphatic rings. The van der Waals surface area contributed by atoms with Crippen LogP contribution < -0.4 is 27.4 Å². The van der Waals surface area contributed by atoms with Crippen molar-refractivity contribution in [2.75, 3.05) is 18.6 Å². The molecule has 0 heterocycles. The van der Waals surface area contributed by atoms with Crippen molar-refractivity contribution in [3.05, 3.63) is 0 Å². The Labute approximate surface area is 166 Å². The van der Waals surface area contributed by atoms with E-state index in [1.807, 2.05) is 0 Å². The lowest BCUT2D eigenvalue weighted by Crippen LogP contribution is -2.58. The monoisotopic (exact) mass is 421 g/mol. The molecule has 0 saturated heterocycles. The first kappa shape index (κ1) is 25.6. The molecule has 4 unspecified atom stereocenters. The van der Waals surface area contributed by atoms with Gasteiger partial charge < -0.3 is 37.6 Å². The highest BCUT2D eigenvalue weighted by molar-refractivity contribution is 7.98. The third kappa shape index (κ3) is 9.53. The first-order valence-corrected chi connectivity index (χ1v) is 9.70. The largest absolute Gasteiger partial charge is 0.480 e. The molecule has 0 aliphatic heterocycles. The number of carbonyl (C=O) groups is 5. The fourth-order valence-electron chi connectivity index (χ4n) is 1.95. The van der Waals surface area contributed by atoms with Crippen LogP contribution in [0.15, 0.2) is 0 Å². The lowest BCUT2D eigenvalue weighted by molar-refractivity contribution is -0.143. The van der Waals surface area contributed by atoms with Gasteiger partial charge in [0.1, 0.15) is 18.1 Å². The van der Waals surface area contributed by atoms with Gasteiger partial charge in [-0.3, -0.25) is 19.2 Å². The first-order valence-electron chi connectivity index (χ1n) is 8.31. The average Bonchev–Trinajstić information content (AvgIpc) is 2.61. The van der Waals surface area contributed by atoms with Crippen molar-refractivity contribution in [3.8, 4) is 0 Å². The minimum absolute atomic E-state index is 0.140. The molecule has 0 aromatic rings. The molecule has 0 saturated carbocycles. The Bertz CT molecular complexity index is 587. The summed E-state index contributed by atoms with van der Waals surface area (Å²) in [5, 5.41) is 24.7. The molecule has 0 rings (SSSR count). The van der Waals surface area contributed by atoms with Gasteiger partial charge in [-0.2, -0.15) is 11.8 Å². The van der Waals surface area contributed by atoms with E-state index in [0.29, 0.717) is 5.75 Å². The number of amides is 4. The third-order valence-electron chi connectivity index (χ3n) is 3.49. The molecule has 9 N–H and O–H groups in total. The Morgan fingerprint density at radius 2 is 1.46 bits per heavy atom. The Kier molecular flexibility index (Phi) is 11.8. The summed E-state index contributed by atoms with van der Waals surface area (Å²) in [5.74, 6) is -4.24. The van der Waals surface area contributed by atoms with Crippen molar-refractivity contribution in [1.82, 2.24) is 16.0 Å². The van der Waals surface area contributed by atoms with E-state index in [1.165, 1.54) is 18.7 Å².